The summed E-state index contributed by atoms with van der Waals surface area (Å²) in [4.78, 5) is 23.3. The van der Waals surface area contributed by atoms with Gasteiger partial charge in [-0.2, -0.15) is 0 Å². The van der Waals surface area contributed by atoms with Gasteiger partial charge in [0, 0.05) is 25.7 Å². The summed E-state index contributed by atoms with van der Waals surface area (Å²) >= 11 is 0. The summed E-state index contributed by atoms with van der Waals surface area (Å²) in [5.41, 5.74) is -0.0699. The van der Waals surface area contributed by atoms with Crippen molar-refractivity contribution in [3.05, 3.63) is 11.6 Å². The third-order valence-electron chi connectivity index (χ3n) is 7.06. The second-order valence-electron chi connectivity index (χ2n) is 8.21. The number of hydrogen-bond acceptors (Lipinski definition) is 6. The van der Waals surface area contributed by atoms with E-state index in [2.05, 4.69) is 19.9 Å². The molecule has 25 heavy (non-hydrogen) atoms. The van der Waals surface area contributed by atoms with Crippen LogP contribution in [0, 0.1) is 10.8 Å². The molecule has 6 atom stereocenters. The van der Waals surface area contributed by atoms with Gasteiger partial charge in [-0.15, -0.1) is 0 Å². The van der Waals surface area contributed by atoms with Crippen LogP contribution >= 0.6 is 0 Å². The van der Waals surface area contributed by atoms with Crippen LogP contribution in [-0.2, 0) is 28.5 Å². The molecule has 0 aromatic rings. The largest absolute Gasteiger partial charge is 0.465 e. The number of ether oxygens (including phenoxy) is 4. The first kappa shape index (κ1) is 17.0. The summed E-state index contributed by atoms with van der Waals surface area (Å²) < 4.78 is 23.7. The van der Waals surface area contributed by atoms with Crippen LogP contribution in [0.5, 0.6) is 0 Å². The number of rotatable bonds is 3. The number of hydrogen-bond donors (Lipinski definition) is 0. The van der Waals surface area contributed by atoms with E-state index in [0.717, 1.165) is 12.8 Å². The van der Waals surface area contributed by atoms with Crippen molar-refractivity contribution >= 4 is 11.9 Å². The lowest BCUT2D eigenvalue weighted by molar-refractivity contribution is -0.233. The molecular formula is C19H26O6. The van der Waals surface area contributed by atoms with Crippen molar-refractivity contribution in [1.29, 1.82) is 0 Å². The Bertz CT molecular complexity index is 650. The predicted molar refractivity (Wildman–Crippen MR) is 87.7 cm³/mol. The second kappa shape index (κ2) is 5.30. The highest BCUT2D eigenvalue weighted by Crippen LogP contribution is 2.72. The van der Waals surface area contributed by atoms with E-state index in [4.69, 9.17) is 18.9 Å². The lowest BCUT2D eigenvalue weighted by Crippen LogP contribution is -2.66. The molecule has 0 radical (unpaired) electrons. The van der Waals surface area contributed by atoms with Crippen molar-refractivity contribution < 1.29 is 28.5 Å². The zero-order valence-electron chi connectivity index (χ0n) is 15.3. The Hall–Kier alpha value is -1.40. The molecule has 6 heteroatoms. The fourth-order valence-electron chi connectivity index (χ4n) is 5.56. The number of allylic oxidation sites excluding steroid dienone is 1. The summed E-state index contributed by atoms with van der Waals surface area (Å²) in [6.07, 6.45) is 3.95. The van der Waals surface area contributed by atoms with Crippen LogP contribution in [0.3, 0.4) is 0 Å². The van der Waals surface area contributed by atoms with E-state index in [1.54, 1.807) is 0 Å². The van der Waals surface area contributed by atoms with Crippen LogP contribution in [0.25, 0.3) is 0 Å². The minimum Gasteiger partial charge on any atom is -0.465 e. The molecule has 6 unspecified atom stereocenters. The van der Waals surface area contributed by atoms with Gasteiger partial charge in [0.1, 0.15) is 18.3 Å². The van der Waals surface area contributed by atoms with E-state index in [-0.39, 0.29) is 36.9 Å². The van der Waals surface area contributed by atoms with E-state index in [0.29, 0.717) is 13.0 Å². The van der Waals surface area contributed by atoms with Crippen LogP contribution in [0.2, 0.25) is 0 Å². The van der Waals surface area contributed by atoms with Crippen molar-refractivity contribution in [2.75, 3.05) is 13.2 Å². The Morgan fingerprint density at radius 3 is 2.64 bits per heavy atom. The molecule has 0 N–H and O–H groups in total. The SMILES string of the molecule is CC(=O)OCC12CCC(C)=CC1OC1CC(OC(C)=O)C2(C)C12CO2. The van der Waals surface area contributed by atoms with Crippen LogP contribution in [0.4, 0.5) is 0 Å². The average molecular weight is 350 g/mol. The van der Waals surface area contributed by atoms with E-state index < -0.39 is 16.4 Å². The van der Waals surface area contributed by atoms with Gasteiger partial charge in [0.05, 0.1) is 24.2 Å². The minimum atomic E-state index is -0.457. The van der Waals surface area contributed by atoms with Crippen LogP contribution in [-0.4, -0.2) is 49.1 Å². The highest BCUT2D eigenvalue weighted by molar-refractivity contribution is 5.67. The van der Waals surface area contributed by atoms with Gasteiger partial charge in [0.15, 0.2) is 0 Å². The van der Waals surface area contributed by atoms with Crippen LogP contribution in [0.15, 0.2) is 11.6 Å². The summed E-state index contributed by atoms with van der Waals surface area (Å²) in [5.74, 6) is -0.603. The second-order valence-corrected chi connectivity index (χ2v) is 8.21. The van der Waals surface area contributed by atoms with Crippen LogP contribution in [0.1, 0.15) is 47.0 Å². The summed E-state index contributed by atoms with van der Waals surface area (Å²) in [6.45, 7) is 7.96. The highest BCUT2D eigenvalue weighted by Gasteiger charge is 2.83. The van der Waals surface area contributed by atoms with Gasteiger partial charge < -0.3 is 18.9 Å². The topological polar surface area (TPSA) is 74.4 Å². The Morgan fingerprint density at radius 1 is 1.32 bits per heavy atom. The zero-order chi connectivity index (χ0) is 18.0. The molecule has 1 saturated carbocycles. The third-order valence-corrected chi connectivity index (χ3v) is 7.06. The summed E-state index contributed by atoms with van der Waals surface area (Å²) in [7, 11) is 0. The number of fused-ring (bicyclic) bond motifs is 2. The number of carbonyl (C=O) groups excluding carboxylic acids is 2. The first-order chi connectivity index (χ1) is 11.7. The lowest BCUT2D eigenvalue weighted by atomic mass is 9.51. The van der Waals surface area contributed by atoms with Gasteiger partial charge in [-0.3, -0.25) is 9.59 Å². The van der Waals surface area contributed by atoms with Gasteiger partial charge in [0.2, 0.25) is 0 Å². The Morgan fingerprint density at radius 2 is 2.04 bits per heavy atom. The monoisotopic (exact) mass is 350 g/mol. The van der Waals surface area contributed by atoms with Gasteiger partial charge in [0.25, 0.3) is 0 Å². The molecule has 0 aromatic carbocycles. The smallest absolute Gasteiger partial charge is 0.302 e. The molecule has 2 aliphatic heterocycles. The molecule has 4 aliphatic rings. The fraction of sp³-hybridized carbons (Fsp3) is 0.789. The predicted octanol–water partition coefficient (Wildman–Crippen LogP) is 2.15. The van der Waals surface area contributed by atoms with Gasteiger partial charge in [-0.25, -0.2) is 0 Å². The van der Waals surface area contributed by atoms with E-state index in [1.165, 1.54) is 19.4 Å². The Balaban J connectivity index is 1.82. The van der Waals surface area contributed by atoms with Crippen molar-refractivity contribution in [3.63, 3.8) is 0 Å². The van der Waals surface area contributed by atoms with Gasteiger partial charge >= 0.3 is 11.9 Å². The molecule has 4 rings (SSSR count). The maximum absolute atomic E-state index is 11.7. The Kier molecular flexibility index (Phi) is 3.61. The zero-order valence-corrected chi connectivity index (χ0v) is 15.3. The molecule has 6 nitrogen and oxygen atoms in total. The molecular weight excluding hydrogens is 324 g/mol. The normalized spacial score (nSPS) is 47.0. The molecule has 2 bridgehead atoms. The van der Waals surface area contributed by atoms with E-state index in [9.17, 15) is 9.59 Å². The Labute approximate surface area is 147 Å². The molecule has 1 spiro atoms. The van der Waals surface area contributed by atoms with Crippen LogP contribution < -0.4 is 0 Å². The standard InChI is InChI=1S/C19H26O6/c1-11-5-6-18(9-22-12(2)20)15(7-11)25-16-8-14(24-13(3)21)17(18,4)19(16)10-23-19/h7,14-16H,5-6,8-10H2,1-4H3. The molecule has 0 amide bonds. The first-order valence-electron chi connectivity index (χ1n) is 9.02. The van der Waals surface area contributed by atoms with E-state index in [1.807, 2.05) is 0 Å². The van der Waals surface area contributed by atoms with Crippen molar-refractivity contribution in [2.45, 2.75) is 70.9 Å². The van der Waals surface area contributed by atoms with Gasteiger partial charge in [-0.1, -0.05) is 18.6 Å². The van der Waals surface area contributed by atoms with Crippen molar-refractivity contribution in [3.8, 4) is 0 Å². The minimum absolute atomic E-state index is 0.0977. The number of epoxide rings is 1. The third kappa shape index (κ3) is 2.10. The van der Waals surface area contributed by atoms with Gasteiger partial charge in [-0.05, 0) is 19.8 Å². The molecule has 2 heterocycles. The number of carbonyl (C=O) groups is 2. The lowest BCUT2D eigenvalue weighted by Gasteiger charge is -2.58. The molecule has 3 fully saturated rings. The highest BCUT2D eigenvalue weighted by atomic mass is 16.6. The molecule has 0 aromatic heterocycles. The molecule has 138 valence electrons. The average Bonchev–Trinajstić information content (AvgIpc) is 3.29. The first-order valence-corrected chi connectivity index (χ1v) is 9.02. The summed E-state index contributed by atoms with van der Waals surface area (Å²) in [5, 5.41) is 0. The van der Waals surface area contributed by atoms with E-state index >= 15 is 0 Å². The maximum Gasteiger partial charge on any atom is 0.302 e. The van der Waals surface area contributed by atoms with Crippen molar-refractivity contribution in [1.82, 2.24) is 0 Å². The maximum atomic E-state index is 11.7. The van der Waals surface area contributed by atoms with Crippen molar-refractivity contribution in [2.24, 2.45) is 10.8 Å². The summed E-state index contributed by atoms with van der Waals surface area (Å²) in [6, 6.07) is 0. The molecule has 2 saturated heterocycles. The quantitative estimate of drug-likeness (QED) is 0.441. The molecule has 2 aliphatic carbocycles. The fourth-order valence-corrected chi connectivity index (χ4v) is 5.56. The number of esters is 2.